The van der Waals surface area contributed by atoms with Crippen LogP contribution in [0.15, 0.2) is 54.7 Å². The first kappa shape index (κ1) is 10.5. The Kier molecular flexibility index (Phi) is 2.53. The molecule has 3 N–H and O–H groups in total. The average molecular weight is 236 g/mol. The van der Waals surface area contributed by atoms with Crippen LogP contribution >= 0.6 is 0 Å². The largest absolute Gasteiger partial charge is 0.399 e. The second-order valence-electron chi connectivity index (χ2n) is 3.99. The lowest BCUT2D eigenvalue weighted by Crippen LogP contribution is -1.97. The number of rotatable bonds is 2. The van der Waals surface area contributed by atoms with E-state index >= 15 is 0 Å². The monoisotopic (exact) mass is 236 g/mol. The SMILES string of the molecule is Nc1ccnc(Nc2ccc3ccccc3n2)c1. The van der Waals surface area contributed by atoms with Crippen LogP contribution in [-0.4, -0.2) is 9.97 Å². The number of nitrogens with one attached hydrogen (secondary N) is 1. The molecular weight excluding hydrogens is 224 g/mol. The Morgan fingerprint density at radius 2 is 1.83 bits per heavy atom. The van der Waals surface area contributed by atoms with Gasteiger partial charge in [-0.15, -0.1) is 0 Å². The van der Waals surface area contributed by atoms with E-state index in [0.717, 1.165) is 16.7 Å². The summed E-state index contributed by atoms with van der Waals surface area (Å²) in [6, 6.07) is 15.5. The van der Waals surface area contributed by atoms with Crippen molar-refractivity contribution in [1.29, 1.82) is 0 Å². The molecule has 2 heterocycles. The Balaban J connectivity index is 1.95. The number of benzene rings is 1. The van der Waals surface area contributed by atoms with Crippen LogP contribution in [0.3, 0.4) is 0 Å². The standard InChI is InChI=1S/C14H12N4/c15-11-7-8-16-14(9-11)18-13-6-5-10-3-1-2-4-12(10)17-13/h1-9H,(H3,15,16,17,18). The summed E-state index contributed by atoms with van der Waals surface area (Å²) in [5.74, 6) is 1.45. The van der Waals surface area contributed by atoms with E-state index in [1.165, 1.54) is 0 Å². The first-order valence-corrected chi connectivity index (χ1v) is 5.66. The first-order chi connectivity index (χ1) is 8.81. The molecule has 88 valence electrons. The van der Waals surface area contributed by atoms with E-state index in [-0.39, 0.29) is 0 Å². The van der Waals surface area contributed by atoms with Crippen molar-refractivity contribution in [2.24, 2.45) is 0 Å². The highest BCUT2D eigenvalue weighted by atomic mass is 15.1. The summed E-state index contributed by atoms with van der Waals surface area (Å²) < 4.78 is 0. The number of hydrogen-bond acceptors (Lipinski definition) is 4. The van der Waals surface area contributed by atoms with Crippen molar-refractivity contribution in [3.05, 3.63) is 54.7 Å². The van der Waals surface area contributed by atoms with E-state index in [2.05, 4.69) is 15.3 Å². The van der Waals surface area contributed by atoms with Gasteiger partial charge in [-0.25, -0.2) is 9.97 Å². The molecule has 4 heteroatoms. The van der Waals surface area contributed by atoms with Gasteiger partial charge in [-0.05, 0) is 24.3 Å². The summed E-state index contributed by atoms with van der Waals surface area (Å²) in [5.41, 5.74) is 7.33. The summed E-state index contributed by atoms with van der Waals surface area (Å²) >= 11 is 0. The normalized spacial score (nSPS) is 10.4. The van der Waals surface area contributed by atoms with Gasteiger partial charge in [0.15, 0.2) is 0 Å². The van der Waals surface area contributed by atoms with Gasteiger partial charge in [0.1, 0.15) is 11.6 Å². The van der Waals surface area contributed by atoms with Crippen molar-refractivity contribution in [1.82, 2.24) is 9.97 Å². The van der Waals surface area contributed by atoms with Crippen LogP contribution < -0.4 is 11.1 Å². The number of hydrogen-bond donors (Lipinski definition) is 2. The Hall–Kier alpha value is -2.62. The van der Waals surface area contributed by atoms with E-state index in [0.29, 0.717) is 11.5 Å². The molecule has 0 fully saturated rings. The number of anilines is 3. The molecule has 2 aromatic heterocycles. The number of fused-ring (bicyclic) bond motifs is 1. The minimum atomic E-state index is 0.674. The second-order valence-corrected chi connectivity index (χ2v) is 3.99. The molecule has 0 aliphatic rings. The molecule has 0 amide bonds. The van der Waals surface area contributed by atoms with Gasteiger partial charge in [-0.1, -0.05) is 18.2 Å². The van der Waals surface area contributed by atoms with Gasteiger partial charge in [-0.3, -0.25) is 0 Å². The van der Waals surface area contributed by atoms with Crippen LogP contribution in [-0.2, 0) is 0 Å². The van der Waals surface area contributed by atoms with E-state index in [1.54, 1.807) is 18.3 Å². The van der Waals surface area contributed by atoms with Gasteiger partial charge in [-0.2, -0.15) is 0 Å². The zero-order valence-corrected chi connectivity index (χ0v) is 9.67. The van der Waals surface area contributed by atoms with Crippen LogP contribution in [0.2, 0.25) is 0 Å². The maximum Gasteiger partial charge on any atom is 0.133 e. The molecule has 0 aliphatic carbocycles. The fourth-order valence-corrected chi connectivity index (χ4v) is 1.78. The number of aromatic nitrogens is 2. The molecule has 0 bridgehead atoms. The predicted molar refractivity (Wildman–Crippen MR) is 73.7 cm³/mol. The molecule has 0 spiro atoms. The molecule has 3 aromatic rings. The topological polar surface area (TPSA) is 63.8 Å². The van der Waals surface area contributed by atoms with Crippen molar-refractivity contribution in [3.8, 4) is 0 Å². The summed E-state index contributed by atoms with van der Waals surface area (Å²) in [5, 5.41) is 4.25. The van der Waals surface area contributed by atoms with E-state index in [1.807, 2.05) is 36.4 Å². The smallest absolute Gasteiger partial charge is 0.133 e. The van der Waals surface area contributed by atoms with E-state index < -0.39 is 0 Å². The zero-order valence-electron chi connectivity index (χ0n) is 9.67. The highest BCUT2D eigenvalue weighted by molar-refractivity contribution is 5.80. The number of nitrogens with zero attached hydrogens (tertiary/aromatic N) is 2. The minimum absolute atomic E-state index is 0.674. The number of nitrogen functional groups attached to an aromatic ring is 1. The molecule has 1 aromatic carbocycles. The van der Waals surface area contributed by atoms with Crippen LogP contribution in [0, 0.1) is 0 Å². The molecule has 0 saturated carbocycles. The number of pyridine rings is 2. The maximum atomic E-state index is 5.70. The molecule has 4 nitrogen and oxygen atoms in total. The predicted octanol–water partition coefficient (Wildman–Crippen LogP) is 2.96. The Bertz CT molecular complexity index is 694. The Morgan fingerprint density at radius 1 is 0.944 bits per heavy atom. The number of para-hydroxylation sites is 1. The molecule has 18 heavy (non-hydrogen) atoms. The maximum absolute atomic E-state index is 5.70. The van der Waals surface area contributed by atoms with Gasteiger partial charge >= 0.3 is 0 Å². The minimum Gasteiger partial charge on any atom is -0.399 e. The van der Waals surface area contributed by atoms with Crippen molar-refractivity contribution in [2.75, 3.05) is 11.1 Å². The van der Waals surface area contributed by atoms with Crippen molar-refractivity contribution in [3.63, 3.8) is 0 Å². The van der Waals surface area contributed by atoms with Gasteiger partial charge in [0.2, 0.25) is 0 Å². The molecule has 0 atom stereocenters. The summed E-state index contributed by atoms with van der Waals surface area (Å²) in [4.78, 5) is 8.69. The Morgan fingerprint density at radius 3 is 2.72 bits per heavy atom. The lowest BCUT2D eigenvalue weighted by molar-refractivity contribution is 1.28. The first-order valence-electron chi connectivity index (χ1n) is 5.66. The number of nitrogens with two attached hydrogens (primary N) is 1. The third-order valence-corrected chi connectivity index (χ3v) is 2.64. The van der Waals surface area contributed by atoms with Gasteiger partial charge in [0.05, 0.1) is 5.52 Å². The highest BCUT2D eigenvalue weighted by Crippen LogP contribution is 2.18. The third-order valence-electron chi connectivity index (χ3n) is 2.64. The van der Waals surface area contributed by atoms with Crippen LogP contribution in [0.5, 0.6) is 0 Å². The summed E-state index contributed by atoms with van der Waals surface area (Å²) in [7, 11) is 0. The summed E-state index contributed by atoms with van der Waals surface area (Å²) in [6.45, 7) is 0. The molecule has 0 radical (unpaired) electrons. The van der Waals surface area contributed by atoms with Crippen molar-refractivity contribution < 1.29 is 0 Å². The van der Waals surface area contributed by atoms with E-state index in [9.17, 15) is 0 Å². The second kappa shape index (κ2) is 4.33. The molecule has 0 unspecified atom stereocenters. The van der Waals surface area contributed by atoms with Gasteiger partial charge in [0.25, 0.3) is 0 Å². The van der Waals surface area contributed by atoms with Gasteiger partial charge in [0, 0.05) is 23.3 Å². The lowest BCUT2D eigenvalue weighted by Gasteiger charge is -2.06. The van der Waals surface area contributed by atoms with E-state index in [4.69, 9.17) is 5.73 Å². The molecule has 0 saturated heterocycles. The van der Waals surface area contributed by atoms with Crippen LogP contribution in [0.4, 0.5) is 17.3 Å². The third kappa shape index (κ3) is 2.08. The zero-order chi connectivity index (χ0) is 12.4. The van der Waals surface area contributed by atoms with Gasteiger partial charge < -0.3 is 11.1 Å². The fraction of sp³-hybridized carbons (Fsp3) is 0. The lowest BCUT2D eigenvalue weighted by atomic mass is 10.2. The molecular formula is C14H12N4. The highest BCUT2D eigenvalue weighted by Gasteiger charge is 1.99. The molecule has 3 rings (SSSR count). The summed E-state index contributed by atoms with van der Waals surface area (Å²) in [6.07, 6.45) is 1.67. The van der Waals surface area contributed by atoms with Crippen molar-refractivity contribution >= 4 is 28.2 Å². The average Bonchev–Trinajstić information content (AvgIpc) is 2.39. The molecule has 0 aliphatic heterocycles. The fourth-order valence-electron chi connectivity index (χ4n) is 1.78. The Labute approximate surface area is 104 Å². The van der Waals surface area contributed by atoms with Crippen molar-refractivity contribution in [2.45, 2.75) is 0 Å². The van der Waals surface area contributed by atoms with Crippen LogP contribution in [0.1, 0.15) is 0 Å². The quantitative estimate of drug-likeness (QED) is 0.718. The van der Waals surface area contributed by atoms with Crippen LogP contribution in [0.25, 0.3) is 10.9 Å².